The molecule has 0 atom stereocenters. The third kappa shape index (κ3) is 2.89. The van der Waals surface area contributed by atoms with Crippen LogP contribution in [0.15, 0.2) is 28.8 Å². The van der Waals surface area contributed by atoms with Crippen LogP contribution in [0.5, 0.6) is 0 Å². The maximum Gasteiger partial charge on any atom is 0.250 e. The predicted molar refractivity (Wildman–Crippen MR) is 76.6 cm³/mol. The number of halogens is 2. The van der Waals surface area contributed by atoms with Crippen molar-refractivity contribution < 1.29 is 8.91 Å². The lowest BCUT2D eigenvalue weighted by molar-refractivity contribution is 0.229. The van der Waals surface area contributed by atoms with Crippen LogP contribution >= 0.6 is 12.4 Å². The fourth-order valence-corrected chi connectivity index (χ4v) is 2.03. The molecule has 3 rings (SSSR count). The van der Waals surface area contributed by atoms with Gasteiger partial charge in [-0.2, -0.15) is 4.98 Å². The molecule has 1 aromatic carbocycles. The number of nitrogens with zero attached hydrogens (tertiary/aromatic N) is 2. The van der Waals surface area contributed by atoms with Crippen LogP contribution in [0.1, 0.15) is 36.5 Å². The summed E-state index contributed by atoms with van der Waals surface area (Å²) >= 11 is 0. The normalized spacial score (nSPS) is 16.7. The molecular formula is C14H15ClFN3O. The van der Waals surface area contributed by atoms with Crippen molar-refractivity contribution in [2.75, 3.05) is 0 Å². The molecule has 0 unspecified atom stereocenters. The third-order valence-electron chi connectivity index (χ3n) is 3.42. The summed E-state index contributed by atoms with van der Waals surface area (Å²) in [6.07, 6.45) is 6.39. The standard InChI is InChI=1S/C14H14FN3O.ClH/c15-11-5-2-10(3-6-11)4-7-12-17-13(18-19-12)14(16)8-1-9-14;/h2-7H,1,8-9,16H2;1H/b7-4+;. The Labute approximate surface area is 122 Å². The Morgan fingerprint density at radius 2 is 1.90 bits per heavy atom. The van der Waals surface area contributed by atoms with Crippen LogP contribution in [-0.2, 0) is 5.54 Å². The fourth-order valence-electron chi connectivity index (χ4n) is 2.03. The predicted octanol–water partition coefficient (Wildman–Crippen LogP) is 3.14. The van der Waals surface area contributed by atoms with Crippen LogP contribution in [0.3, 0.4) is 0 Å². The summed E-state index contributed by atoms with van der Waals surface area (Å²) < 4.78 is 17.9. The van der Waals surface area contributed by atoms with Crippen molar-refractivity contribution in [1.29, 1.82) is 0 Å². The van der Waals surface area contributed by atoms with Crippen LogP contribution in [-0.4, -0.2) is 10.1 Å². The first-order chi connectivity index (χ1) is 9.16. The minimum Gasteiger partial charge on any atom is -0.335 e. The molecule has 1 aliphatic carbocycles. The third-order valence-corrected chi connectivity index (χ3v) is 3.42. The van der Waals surface area contributed by atoms with Crippen LogP contribution in [0.4, 0.5) is 4.39 Å². The lowest BCUT2D eigenvalue weighted by atomic mass is 9.77. The smallest absolute Gasteiger partial charge is 0.250 e. The van der Waals surface area contributed by atoms with Crippen LogP contribution < -0.4 is 5.73 Å². The molecule has 0 saturated heterocycles. The molecule has 0 radical (unpaired) electrons. The molecule has 0 amide bonds. The van der Waals surface area contributed by atoms with E-state index < -0.39 is 5.54 Å². The first kappa shape index (κ1) is 14.7. The number of benzene rings is 1. The maximum atomic E-state index is 12.8. The van der Waals surface area contributed by atoms with E-state index in [1.165, 1.54) is 12.1 Å². The summed E-state index contributed by atoms with van der Waals surface area (Å²) in [5.41, 5.74) is 6.57. The molecule has 1 heterocycles. The SMILES string of the molecule is Cl.NC1(c2noc(/C=C/c3ccc(F)cc3)n2)CCC1. The van der Waals surface area contributed by atoms with Gasteiger partial charge in [0.2, 0.25) is 0 Å². The lowest BCUT2D eigenvalue weighted by Crippen LogP contribution is -2.44. The minimum absolute atomic E-state index is 0. The second-order valence-electron chi connectivity index (χ2n) is 4.85. The molecule has 2 aromatic rings. The van der Waals surface area contributed by atoms with Crippen molar-refractivity contribution in [2.24, 2.45) is 5.73 Å². The largest absolute Gasteiger partial charge is 0.335 e. The molecule has 0 aliphatic heterocycles. The molecule has 2 N–H and O–H groups in total. The van der Waals surface area contributed by atoms with E-state index in [9.17, 15) is 4.39 Å². The Bertz CT molecular complexity index is 605. The zero-order valence-electron chi connectivity index (χ0n) is 10.8. The number of aromatic nitrogens is 2. The van der Waals surface area contributed by atoms with E-state index in [4.69, 9.17) is 10.3 Å². The van der Waals surface area contributed by atoms with Gasteiger partial charge in [0.05, 0.1) is 5.54 Å². The Balaban J connectivity index is 0.00000147. The van der Waals surface area contributed by atoms with E-state index in [1.54, 1.807) is 24.3 Å². The fraction of sp³-hybridized carbons (Fsp3) is 0.286. The van der Waals surface area contributed by atoms with Gasteiger partial charge >= 0.3 is 0 Å². The van der Waals surface area contributed by atoms with Gasteiger partial charge in [0.25, 0.3) is 5.89 Å². The molecule has 6 heteroatoms. The Morgan fingerprint density at radius 1 is 1.20 bits per heavy atom. The summed E-state index contributed by atoms with van der Waals surface area (Å²) in [6.45, 7) is 0. The van der Waals surface area contributed by atoms with Crippen LogP contribution in [0.2, 0.25) is 0 Å². The molecule has 0 bridgehead atoms. The summed E-state index contributed by atoms with van der Waals surface area (Å²) in [6, 6.07) is 6.17. The van der Waals surface area contributed by atoms with Crippen molar-refractivity contribution in [2.45, 2.75) is 24.8 Å². The van der Waals surface area contributed by atoms with Gasteiger partial charge in [-0.3, -0.25) is 0 Å². The summed E-state index contributed by atoms with van der Waals surface area (Å²) in [5, 5.41) is 3.91. The zero-order chi connectivity index (χ0) is 13.3. The van der Waals surface area contributed by atoms with E-state index in [0.717, 1.165) is 24.8 Å². The molecular weight excluding hydrogens is 281 g/mol. The highest BCUT2D eigenvalue weighted by molar-refractivity contribution is 5.85. The molecule has 0 spiro atoms. The van der Waals surface area contributed by atoms with E-state index >= 15 is 0 Å². The highest BCUT2D eigenvalue weighted by Gasteiger charge is 2.38. The van der Waals surface area contributed by atoms with E-state index in [-0.39, 0.29) is 18.2 Å². The van der Waals surface area contributed by atoms with Crippen molar-refractivity contribution in [3.63, 3.8) is 0 Å². The monoisotopic (exact) mass is 295 g/mol. The molecule has 4 nitrogen and oxygen atoms in total. The Kier molecular flexibility index (Phi) is 4.20. The number of hydrogen-bond donors (Lipinski definition) is 1. The highest BCUT2D eigenvalue weighted by Crippen LogP contribution is 2.36. The summed E-state index contributed by atoms with van der Waals surface area (Å²) in [4.78, 5) is 4.27. The Hall–Kier alpha value is -1.72. The Morgan fingerprint density at radius 3 is 2.50 bits per heavy atom. The number of nitrogens with two attached hydrogens (primary N) is 1. The molecule has 20 heavy (non-hydrogen) atoms. The first-order valence-corrected chi connectivity index (χ1v) is 6.22. The van der Waals surface area contributed by atoms with Gasteiger partial charge in [-0.05, 0) is 43.0 Å². The van der Waals surface area contributed by atoms with Gasteiger partial charge in [-0.1, -0.05) is 17.3 Å². The average molecular weight is 296 g/mol. The van der Waals surface area contributed by atoms with Crippen molar-refractivity contribution in [3.8, 4) is 0 Å². The zero-order valence-corrected chi connectivity index (χ0v) is 11.6. The van der Waals surface area contributed by atoms with E-state index in [2.05, 4.69) is 10.1 Å². The summed E-state index contributed by atoms with van der Waals surface area (Å²) in [5.74, 6) is 0.723. The second kappa shape index (κ2) is 5.73. The van der Waals surface area contributed by atoms with Crippen molar-refractivity contribution in [3.05, 3.63) is 47.4 Å². The maximum absolute atomic E-state index is 12.8. The second-order valence-corrected chi connectivity index (χ2v) is 4.85. The van der Waals surface area contributed by atoms with Gasteiger partial charge in [0.15, 0.2) is 5.82 Å². The quantitative estimate of drug-likeness (QED) is 0.945. The topological polar surface area (TPSA) is 64.9 Å². The number of hydrogen-bond acceptors (Lipinski definition) is 4. The lowest BCUT2D eigenvalue weighted by Gasteiger charge is -2.34. The van der Waals surface area contributed by atoms with E-state index in [1.807, 2.05) is 0 Å². The minimum atomic E-state index is -0.411. The van der Waals surface area contributed by atoms with Gasteiger partial charge < -0.3 is 10.3 Å². The van der Waals surface area contributed by atoms with Crippen LogP contribution in [0.25, 0.3) is 12.2 Å². The molecule has 1 aromatic heterocycles. The van der Waals surface area contributed by atoms with E-state index in [0.29, 0.717) is 11.7 Å². The van der Waals surface area contributed by atoms with Gasteiger partial charge in [0.1, 0.15) is 5.82 Å². The highest BCUT2D eigenvalue weighted by atomic mass is 35.5. The van der Waals surface area contributed by atoms with Crippen molar-refractivity contribution >= 4 is 24.6 Å². The van der Waals surface area contributed by atoms with Gasteiger partial charge in [-0.25, -0.2) is 4.39 Å². The molecule has 1 saturated carbocycles. The number of rotatable bonds is 3. The first-order valence-electron chi connectivity index (χ1n) is 6.22. The summed E-state index contributed by atoms with van der Waals surface area (Å²) in [7, 11) is 0. The molecule has 1 fully saturated rings. The van der Waals surface area contributed by atoms with Gasteiger partial charge in [-0.15, -0.1) is 12.4 Å². The van der Waals surface area contributed by atoms with Crippen molar-refractivity contribution in [1.82, 2.24) is 10.1 Å². The molecule has 1 aliphatic rings. The van der Waals surface area contributed by atoms with Crippen LogP contribution in [0, 0.1) is 5.82 Å². The molecule has 106 valence electrons. The average Bonchev–Trinajstić information content (AvgIpc) is 2.84. The van der Waals surface area contributed by atoms with Gasteiger partial charge in [0, 0.05) is 6.08 Å².